The largest absolute Gasteiger partial charge is 0.298 e. The zero-order chi connectivity index (χ0) is 22.7. The lowest BCUT2D eigenvalue weighted by molar-refractivity contribution is -0.120. The van der Waals surface area contributed by atoms with Gasteiger partial charge in [-0.1, -0.05) is 71.7 Å². The highest BCUT2D eigenvalue weighted by molar-refractivity contribution is 6.30. The molecule has 0 fully saturated rings. The number of benzene rings is 4. The Kier molecular flexibility index (Phi) is 6.69. The molecule has 5 heteroatoms. The molecule has 0 aliphatic heterocycles. The van der Waals surface area contributed by atoms with Crippen molar-refractivity contribution in [1.29, 1.82) is 0 Å². The van der Waals surface area contributed by atoms with Crippen molar-refractivity contribution in [2.24, 2.45) is 0 Å². The molecular formula is C27H18Cl2F2O. The second-order valence-electron chi connectivity index (χ2n) is 7.47. The van der Waals surface area contributed by atoms with E-state index in [0.717, 1.165) is 11.1 Å². The molecule has 0 spiro atoms. The first-order valence-electron chi connectivity index (χ1n) is 9.98. The molecule has 2 unspecified atom stereocenters. The molecule has 0 saturated carbocycles. The van der Waals surface area contributed by atoms with E-state index < -0.39 is 11.8 Å². The third-order valence-electron chi connectivity index (χ3n) is 5.38. The van der Waals surface area contributed by atoms with Crippen molar-refractivity contribution in [3.63, 3.8) is 0 Å². The molecule has 0 amide bonds. The molecule has 0 aliphatic carbocycles. The Morgan fingerprint density at radius 2 is 0.750 bits per heavy atom. The van der Waals surface area contributed by atoms with E-state index in [9.17, 15) is 13.6 Å². The van der Waals surface area contributed by atoms with Crippen LogP contribution in [0.25, 0.3) is 0 Å². The zero-order valence-corrected chi connectivity index (χ0v) is 18.3. The van der Waals surface area contributed by atoms with Gasteiger partial charge in [0.25, 0.3) is 0 Å². The number of hydrogen-bond donors (Lipinski definition) is 0. The van der Waals surface area contributed by atoms with E-state index in [1.54, 1.807) is 72.8 Å². The van der Waals surface area contributed by atoms with Gasteiger partial charge in [-0.15, -0.1) is 0 Å². The molecule has 1 nitrogen and oxygen atoms in total. The average Bonchev–Trinajstić information content (AvgIpc) is 2.79. The molecule has 0 aromatic heterocycles. The summed E-state index contributed by atoms with van der Waals surface area (Å²) in [5.74, 6) is -2.27. The van der Waals surface area contributed by atoms with Gasteiger partial charge < -0.3 is 0 Å². The standard InChI is InChI=1S/C27H18Cl2F2O/c28-21-9-1-17(2-10-21)25(19-5-13-23(30)14-6-19)27(32)26(18-3-11-22(29)12-4-18)20-7-15-24(31)16-8-20/h1-16,25-26H. The number of halogens is 4. The van der Waals surface area contributed by atoms with Crippen LogP contribution in [0.3, 0.4) is 0 Å². The first-order chi connectivity index (χ1) is 15.4. The summed E-state index contributed by atoms with van der Waals surface area (Å²) in [7, 11) is 0. The van der Waals surface area contributed by atoms with Gasteiger partial charge >= 0.3 is 0 Å². The van der Waals surface area contributed by atoms with Crippen LogP contribution in [0.4, 0.5) is 8.78 Å². The minimum absolute atomic E-state index is 0.132. The molecular weight excluding hydrogens is 449 g/mol. The van der Waals surface area contributed by atoms with Crippen LogP contribution in [0, 0.1) is 11.6 Å². The first kappa shape index (κ1) is 22.2. The molecule has 32 heavy (non-hydrogen) atoms. The molecule has 4 rings (SSSR count). The summed E-state index contributed by atoms with van der Waals surface area (Å²) in [6.07, 6.45) is 0. The smallest absolute Gasteiger partial charge is 0.156 e. The van der Waals surface area contributed by atoms with Crippen LogP contribution < -0.4 is 0 Å². The molecule has 2 atom stereocenters. The summed E-state index contributed by atoms with van der Waals surface area (Å²) >= 11 is 12.1. The Balaban J connectivity index is 1.87. The Hall–Kier alpha value is -3.01. The normalized spacial score (nSPS) is 12.9. The summed E-state index contributed by atoms with van der Waals surface area (Å²) in [5, 5.41) is 1.10. The Bertz CT molecular complexity index is 1010. The topological polar surface area (TPSA) is 17.1 Å². The highest BCUT2D eigenvalue weighted by Gasteiger charge is 2.32. The predicted molar refractivity (Wildman–Crippen MR) is 124 cm³/mol. The SMILES string of the molecule is O=C(C(c1ccc(F)cc1)c1ccc(Cl)cc1)C(c1ccc(F)cc1)c1ccc(Cl)cc1. The minimum atomic E-state index is -0.682. The van der Waals surface area contributed by atoms with Gasteiger partial charge in [0, 0.05) is 10.0 Å². The van der Waals surface area contributed by atoms with Gasteiger partial charge in [-0.05, 0) is 70.8 Å². The quantitative estimate of drug-likeness (QED) is 0.283. The fraction of sp³-hybridized carbons (Fsp3) is 0.0741. The lowest BCUT2D eigenvalue weighted by Gasteiger charge is -2.24. The van der Waals surface area contributed by atoms with Crippen LogP contribution in [0.15, 0.2) is 97.1 Å². The molecule has 0 saturated heterocycles. The molecule has 160 valence electrons. The van der Waals surface area contributed by atoms with Crippen molar-refractivity contribution in [3.8, 4) is 0 Å². The predicted octanol–water partition coefficient (Wildman–Crippen LogP) is 7.80. The Morgan fingerprint density at radius 3 is 1.03 bits per heavy atom. The molecule has 4 aromatic rings. The van der Waals surface area contributed by atoms with E-state index in [1.165, 1.54) is 24.3 Å². The van der Waals surface area contributed by atoms with Gasteiger partial charge in [0.2, 0.25) is 0 Å². The number of rotatable bonds is 6. The third kappa shape index (κ3) is 4.90. The van der Waals surface area contributed by atoms with Crippen LogP contribution >= 0.6 is 23.2 Å². The van der Waals surface area contributed by atoms with E-state index >= 15 is 0 Å². The van der Waals surface area contributed by atoms with E-state index in [0.29, 0.717) is 21.2 Å². The molecule has 0 aliphatic rings. The maximum absolute atomic E-state index is 14.1. The van der Waals surface area contributed by atoms with Gasteiger partial charge in [-0.3, -0.25) is 4.79 Å². The fourth-order valence-electron chi connectivity index (χ4n) is 3.83. The zero-order valence-electron chi connectivity index (χ0n) is 16.8. The third-order valence-corrected chi connectivity index (χ3v) is 5.89. The van der Waals surface area contributed by atoms with Gasteiger partial charge in [0.15, 0.2) is 5.78 Å². The van der Waals surface area contributed by atoms with Crippen LogP contribution in [0.5, 0.6) is 0 Å². The number of hydrogen-bond acceptors (Lipinski definition) is 1. The monoisotopic (exact) mass is 466 g/mol. The summed E-state index contributed by atoms with van der Waals surface area (Å²) in [4.78, 5) is 14.1. The number of carbonyl (C=O) groups excluding carboxylic acids is 1. The fourth-order valence-corrected chi connectivity index (χ4v) is 4.08. The van der Waals surface area contributed by atoms with Crippen molar-refractivity contribution in [1.82, 2.24) is 0 Å². The van der Waals surface area contributed by atoms with Crippen molar-refractivity contribution in [3.05, 3.63) is 141 Å². The van der Waals surface area contributed by atoms with Crippen molar-refractivity contribution >= 4 is 29.0 Å². The van der Waals surface area contributed by atoms with Gasteiger partial charge in [0.1, 0.15) is 11.6 Å². The molecule has 0 radical (unpaired) electrons. The summed E-state index contributed by atoms with van der Waals surface area (Å²) in [5.41, 5.74) is 2.76. The highest BCUT2D eigenvalue weighted by Crippen LogP contribution is 2.36. The molecule has 4 aromatic carbocycles. The van der Waals surface area contributed by atoms with Crippen LogP contribution in [0.1, 0.15) is 34.1 Å². The summed E-state index contributed by atoms with van der Waals surface area (Å²) in [6.45, 7) is 0. The Morgan fingerprint density at radius 1 is 0.500 bits per heavy atom. The second-order valence-corrected chi connectivity index (χ2v) is 8.35. The number of carbonyl (C=O) groups is 1. The maximum Gasteiger partial charge on any atom is 0.156 e. The number of ketones is 1. The van der Waals surface area contributed by atoms with Crippen molar-refractivity contribution in [2.75, 3.05) is 0 Å². The van der Waals surface area contributed by atoms with Gasteiger partial charge in [-0.2, -0.15) is 0 Å². The lowest BCUT2D eigenvalue weighted by atomic mass is 9.77. The maximum atomic E-state index is 14.1. The lowest BCUT2D eigenvalue weighted by Crippen LogP contribution is -2.23. The first-order valence-corrected chi connectivity index (χ1v) is 10.7. The van der Waals surface area contributed by atoms with Crippen LogP contribution in [-0.2, 0) is 4.79 Å². The Labute approximate surface area is 195 Å². The number of Topliss-reactive ketones (excluding diaryl/α,β-unsaturated/α-hetero) is 1. The van der Waals surface area contributed by atoms with E-state index in [-0.39, 0.29) is 17.4 Å². The van der Waals surface area contributed by atoms with E-state index in [2.05, 4.69) is 0 Å². The van der Waals surface area contributed by atoms with Crippen molar-refractivity contribution < 1.29 is 13.6 Å². The molecule has 0 bridgehead atoms. The van der Waals surface area contributed by atoms with Gasteiger partial charge in [-0.25, -0.2) is 8.78 Å². The van der Waals surface area contributed by atoms with E-state index in [4.69, 9.17) is 23.2 Å². The summed E-state index contributed by atoms with van der Waals surface area (Å²) in [6, 6.07) is 25.8. The van der Waals surface area contributed by atoms with Crippen LogP contribution in [-0.4, -0.2) is 5.78 Å². The summed E-state index contributed by atoms with van der Waals surface area (Å²) < 4.78 is 27.2. The van der Waals surface area contributed by atoms with Gasteiger partial charge in [0.05, 0.1) is 11.8 Å². The second kappa shape index (κ2) is 9.64. The highest BCUT2D eigenvalue weighted by atomic mass is 35.5. The van der Waals surface area contributed by atoms with E-state index in [1.807, 2.05) is 0 Å². The van der Waals surface area contributed by atoms with Crippen LogP contribution in [0.2, 0.25) is 10.0 Å². The molecule has 0 heterocycles. The van der Waals surface area contributed by atoms with Crippen molar-refractivity contribution in [2.45, 2.75) is 11.8 Å². The average molecular weight is 467 g/mol. The molecule has 0 N–H and O–H groups in total. The minimum Gasteiger partial charge on any atom is -0.298 e.